The second-order valence-electron chi connectivity index (χ2n) is 7.32. The number of hydrogen-bond donors (Lipinski definition) is 2. The van der Waals surface area contributed by atoms with Crippen LogP contribution in [0.2, 0.25) is 0 Å². The van der Waals surface area contributed by atoms with E-state index in [2.05, 4.69) is 29.6 Å². The Hall–Kier alpha value is -2.05. The van der Waals surface area contributed by atoms with Gasteiger partial charge in [0.25, 0.3) is 5.91 Å². The third-order valence-electron chi connectivity index (χ3n) is 3.48. The largest absolute Gasteiger partial charge is 0.444 e. The molecular formula is C18H32N4O3. The summed E-state index contributed by atoms with van der Waals surface area (Å²) in [4.78, 5) is 23.8. The SMILES string of the molecule is CCn1nc(C(C)C)cc1C(=O)NCCCCNC(=O)OC(C)(C)C. The van der Waals surface area contributed by atoms with E-state index in [1.165, 1.54) is 0 Å². The average Bonchev–Trinajstić information content (AvgIpc) is 2.93. The van der Waals surface area contributed by atoms with Gasteiger partial charge in [0.15, 0.2) is 0 Å². The number of aryl methyl sites for hydroxylation is 1. The van der Waals surface area contributed by atoms with Gasteiger partial charge >= 0.3 is 6.09 Å². The molecule has 0 bridgehead atoms. The van der Waals surface area contributed by atoms with E-state index in [4.69, 9.17) is 4.74 Å². The van der Waals surface area contributed by atoms with Gasteiger partial charge in [0, 0.05) is 19.6 Å². The summed E-state index contributed by atoms with van der Waals surface area (Å²) in [5, 5.41) is 10.1. The van der Waals surface area contributed by atoms with Gasteiger partial charge in [-0.1, -0.05) is 13.8 Å². The molecule has 0 spiro atoms. The Balaban J connectivity index is 2.30. The molecule has 7 heteroatoms. The van der Waals surface area contributed by atoms with Gasteiger partial charge in [-0.3, -0.25) is 9.48 Å². The molecule has 25 heavy (non-hydrogen) atoms. The molecule has 2 N–H and O–H groups in total. The molecule has 0 aromatic carbocycles. The van der Waals surface area contributed by atoms with Crippen molar-refractivity contribution < 1.29 is 14.3 Å². The summed E-state index contributed by atoms with van der Waals surface area (Å²) in [6.07, 6.45) is 1.13. The molecule has 0 atom stereocenters. The van der Waals surface area contributed by atoms with E-state index in [1.54, 1.807) is 4.68 Å². The lowest BCUT2D eigenvalue weighted by atomic mass is 10.1. The number of ether oxygens (including phenoxy) is 1. The van der Waals surface area contributed by atoms with Crippen molar-refractivity contribution in [3.63, 3.8) is 0 Å². The fraction of sp³-hybridized carbons (Fsp3) is 0.722. The van der Waals surface area contributed by atoms with Gasteiger partial charge in [-0.2, -0.15) is 5.10 Å². The fourth-order valence-corrected chi connectivity index (χ4v) is 2.19. The number of nitrogens with zero attached hydrogens (tertiary/aromatic N) is 2. The number of carbonyl (C=O) groups excluding carboxylic acids is 2. The summed E-state index contributed by atoms with van der Waals surface area (Å²) in [7, 11) is 0. The maximum Gasteiger partial charge on any atom is 0.407 e. The molecule has 0 saturated carbocycles. The Labute approximate surface area is 150 Å². The van der Waals surface area contributed by atoms with Gasteiger partial charge < -0.3 is 15.4 Å². The predicted molar refractivity (Wildman–Crippen MR) is 97.8 cm³/mol. The minimum absolute atomic E-state index is 0.110. The van der Waals surface area contributed by atoms with Crippen molar-refractivity contribution in [3.8, 4) is 0 Å². The fourth-order valence-electron chi connectivity index (χ4n) is 2.19. The predicted octanol–water partition coefficient (Wildman–Crippen LogP) is 3.06. The van der Waals surface area contributed by atoms with Crippen LogP contribution in [0, 0.1) is 0 Å². The zero-order chi connectivity index (χ0) is 19.0. The zero-order valence-electron chi connectivity index (χ0n) is 16.3. The number of hydrogen-bond acceptors (Lipinski definition) is 4. The molecule has 0 radical (unpaired) electrons. The summed E-state index contributed by atoms with van der Waals surface area (Å²) < 4.78 is 6.89. The molecule has 0 aliphatic carbocycles. The molecule has 0 fully saturated rings. The van der Waals surface area contributed by atoms with Crippen molar-refractivity contribution in [2.75, 3.05) is 13.1 Å². The second kappa shape index (κ2) is 9.44. The smallest absolute Gasteiger partial charge is 0.407 e. The van der Waals surface area contributed by atoms with Crippen LogP contribution in [0.15, 0.2) is 6.07 Å². The Morgan fingerprint density at radius 1 is 1.20 bits per heavy atom. The molecule has 0 aliphatic heterocycles. The second-order valence-corrected chi connectivity index (χ2v) is 7.32. The van der Waals surface area contributed by atoms with Crippen molar-refractivity contribution in [3.05, 3.63) is 17.5 Å². The van der Waals surface area contributed by atoms with Crippen LogP contribution in [-0.4, -0.2) is 40.5 Å². The molecule has 7 nitrogen and oxygen atoms in total. The number of aromatic nitrogens is 2. The van der Waals surface area contributed by atoms with Crippen LogP contribution in [-0.2, 0) is 11.3 Å². The van der Waals surface area contributed by atoms with E-state index in [0.29, 0.717) is 31.2 Å². The average molecular weight is 352 g/mol. The lowest BCUT2D eigenvalue weighted by molar-refractivity contribution is 0.0526. The van der Waals surface area contributed by atoms with E-state index in [9.17, 15) is 9.59 Å². The molecule has 1 aromatic heterocycles. The third kappa shape index (κ3) is 7.58. The topological polar surface area (TPSA) is 85.3 Å². The summed E-state index contributed by atoms with van der Waals surface area (Å²) in [6, 6.07) is 1.85. The molecule has 1 heterocycles. The van der Waals surface area contributed by atoms with Gasteiger partial charge in [0.1, 0.15) is 11.3 Å². The van der Waals surface area contributed by atoms with Crippen molar-refractivity contribution in [2.24, 2.45) is 0 Å². The van der Waals surface area contributed by atoms with Crippen molar-refractivity contribution in [1.29, 1.82) is 0 Å². The Kier molecular flexibility index (Phi) is 7.93. The van der Waals surface area contributed by atoms with Crippen LogP contribution in [0.25, 0.3) is 0 Å². The molecule has 0 saturated heterocycles. The highest BCUT2D eigenvalue weighted by Crippen LogP contribution is 2.14. The monoisotopic (exact) mass is 352 g/mol. The highest BCUT2D eigenvalue weighted by Gasteiger charge is 2.16. The minimum atomic E-state index is -0.491. The van der Waals surface area contributed by atoms with E-state index in [0.717, 1.165) is 18.5 Å². The van der Waals surface area contributed by atoms with Crippen LogP contribution >= 0.6 is 0 Å². The lowest BCUT2D eigenvalue weighted by Crippen LogP contribution is -2.33. The number of amides is 2. The quantitative estimate of drug-likeness (QED) is 0.704. The van der Waals surface area contributed by atoms with Crippen molar-refractivity contribution >= 4 is 12.0 Å². The first-order chi connectivity index (χ1) is 11.6. The third-order valence-corrected chi connectivity index (χ3v) is 3.48. The van der Waals surface area contributed by atoms with Crippen LogP contribution in [0.4, 0.5) is 4.79 Å². The van der Waals surface area contributed by atoms with Crippen LogP contribution in [0.3, 0.4) is 0 Å². The van der Waals surface area contributed by atoms with E-state index >= 15 is 0 Å². The van der Waals surface area contributed by atoms with Gasteiger partial charge in [0.05, 0.1) is 5.69 Å². The van der Waals surface area contributed by atoms with E-state index < -0.39 is 11.7 Å². The van der Waals surface area contributed by atoms with Crippen LogP contribution in [0.5, 0.6) is 0 Å². The first kappa shape index (κ1) is 21.0. The number of nitrogens with one attached hydrogen (secondary N) is 2. The molecule has 0 aliphatic rings. The first-order valence-corrected chi connectivity index (χ1v) is 8.96. The maximum atomic E-state index is 12.3. The first-order valence-electron chi connectivity index (χ1n) is 8.96. The standard InChI is InChI=1S/C18H32N4O3/c1-7-22-15(12-14(21-22)13(2)3)16(23)19-10-8-9-11-20-17(24)25-18(4,5)6/h12-13H,7-11H2,1-6H3,(H,19,23)(H,20,24). The molecule has 0 unspecified atom stereocenters. The summed E-state index contributed by atoms with van der Waals surface area (Å²) in [5.41, 5.74) is 1.03. The zero-order valence-corrected chi connectivity index (χ0v) is 16.3. The van der Waals surface area contributed by atoms with Crippen LogP contribution in [0.1, 0.15) is 76.5 Å². The molecule has 2 amide bonds. The van der Waals surface area contributed by atoms with Gasteiger partial charge in [0.2, 0.25) is 0 Å². The van der Waals surface area contributed by atoms with E-state index in [-0.39, 0.29) is 5.91 Å². The van der Waals surface area contributed by atoms with Crippen molar-refractivity contribution in [1.82, 2.24) is 20.4 Å². The summed E-state index contributed by atoms with van der Waals surface area (Å²) in [5.74, 6) is 0.180. The highest BCUT2D eigenvalue weighted by atomic mass is 16.6. The molecule has 1 rings (SSSR count). The van der Waals surface area contributed by atoms with Crippen molar-refractivity contribution in [2.45, 2.75) is 72.4 Å². The molecule has 142 valence electrons. The number of unbranched alkanes of at least 4 members (excludes halogenated alkanes) is 1. The molecule has 1 aromatic rings. The van der Waals surface area contributed by atoms with E-state index in [1.807, 2.05) is 33.8 Å². The summed E-state index contributed by atoms with van der Waals surface area (Å²) in [6.45, 7) is 13.3. The number of alkyl carbamates (subject to hydrolysis) is 1. The normalized spacial score (nSPS) is 11.5. The number of carbonyl (C=O) groups is 2. The lowest BCUT2D eigenvalue weighted by Gasteiger charge is -2.19. The minimum Gasteiger partial charge on any atom is -0.444 e. The number of rotatable bonds is 8. The molecular weight excluding hydrogens is 320 g/mol. The Morgan fingerprint density at radius 2 is 1.80 bits per heavy atom. The van der Waals surface area contributed by atoms with Gasteiger partial charge in [-0.15, -0.1) is 0 Å². The Bertz CT molecular complexity index is 573. The maximum absolute atomic E-state index is 12.3. The van der Waals surface area contributed by atoms with Crippen LogP contribution < -0.4 is 10.6 Å². The Morgan fingerprint density at radius 3 is 2.32 bits per heavy atom. The summed E-state index contributed by atoms with van der Waals surface area (Å²) >= 11 is 0. The highest BCUT2D eigenvalue weighted by molar-refractivity contribution is 5.92. The van der Waals surface area contributed by atoms with Gasteiger partial charge in [-0.25, -0.2) is 4.79 Å². The van der Waals surface area contributed by atoms with Gasteiger partial charge in [-0.05, 0) is 52.5 Å².